The van der Waals surface area contributed by atoms with Gasteiger partial charge in [-0.25, -0.2) is 0 Å². The average molecular weight is 285 g/mol. The summed E-state index contributed by atoms with van der Waals surface area (Å²) in [4.78, 5) is 32.3. The molecule has 0 aliphatic heterocycles. The summed E-state index contributed by atoms with van der Waals surface area (Å²) in [7, 11) is -4.61. The van der Waals surface area contributed by atoms with E-state index in [4.69, 9.17) is 0 Å². The molecule has 1 rings (SSSR count). The van der Waals surface area contributed by atoms with Crippen molar-refractivity contribution < 1.29 is 30.0 Å². The largest absolute Gasteiger partial charge is 0.811 e. The average Bonchev–Trinajstić information content (AvgIpc) is 2.28. The zero-order chi connectivity index (χ0) is 14.5. The van der Waals surface area contributed by atoms with Crippen LogP contribution in [0.2, 0.25) is 0 Å². The Balaban J connectivity index is 2.69. The second kappa shape index (κ2) is 6.30. The third-order valence-electron chi connectivity index (χ3n) is 2.91. The summed E-state index contributed by atoms with van der Waals surface area (Å²) in [5.41, 5.74) is 2.98. The van der Waals surface area contributed by atoms with Crippen molar-refractivity contribution in [3.8, 4) is 0 Å². The van der Waals surface area contributed by atoms with E-state index in [2.05, 4.69) is 5.73 Å². The Morgan fingerprint density at radius 3 is 2.32 bits per heavy atom. The lowest BCUT2D eigenvalue weighted by molar-refractivity contribution is -0.487. The number of carboxylic acid groups (broad SMARTS) is 1. The van der Waals surface area contributed by atoms with E-state index in [1.54, 1.807) is 30.3 Å². The number of rotatable bonds is 7. The molecule has 0 amide bonds. The first-order chi connectivity index (χ1) is 8.73. The van der Waals surface area contributed by atoms with Gasteiger partial charge in [0.2, 0.25) is 0 Å². The van der Waals surface area contributed by atoms with Crippen LogP contribution in [0.3, 0.4) is 0 Å². The molecule has 7 heteroatoms. The summed E-state index contributed by atoms with van der Waals surface area (Å²) in [5, 5.41) is 11.2. The predicted molar refractivity (Wildman–Crippen MR) is 62.5 cm³/mol. The zero-order valence-corrected chi connectivity index (χ0v) is 11.3. The highest BCUT2D eigenvalue weighted by atomic mass is 31.2. The lowest BCUT2D eigenvalue weighted by Crippen LogP contribution is -2.80. The van der Waals surface area contributed by atoms with E-state index < -0.39 is 25.3 Å². The fraction of sp³-hybridized carbons (Fsp3) is 0.417. The predicted octanol–water partition coefficient (Wildman–Crippen LogP) is -2.35. The Hall–Kier alpha value is -1.20. The normalized spacial score (nSPS) is 14.9. The Kier molecular flexibility index (Phi) is 5.26. The second-order valence-electron chi connectivity index (χ2n) is 4.67. The molecule has 0 aliphatic carbocycles. The van der Waals surface area contributed by atoms with Crippen LogP contribution in [0.5, 0.6) is 0 Å². The van der Waals surface area contributed by atoms with Crippen LogP contribution in [0.15, 0.2) is 30.3 Å². The van der Waals surface area contributed by atoms with Gasteiger partial charge in [-0.1, -0.05) is 37.9 Å². The first-order valence-electron chi connectivity index (χ1n) is 5.85. The van der Waals surface area contributed by atoms with Gasteiger partial charge in [-0.2, -0.15) is 0 Å². The summed E-state index contributed by atoms with van der Waals surface area (Å²) in [5.74, 6) is -1.34. The number of quaternary nitrogens is 1. The molecule has 1 aromatic rings. The molecule has 106 valence electrons. The summed E-state index contributed by atoms with van der Waals surface area (Å²) in [6, 6.07) is 8.87. The Bertz CT molecular complexity index is 472. The molecule has 0 spiro atoms. The van der Waals surface area contributed by atoms with Crippen LogP contribution in [0, 0.1) is 0 Å². The lowest BCUT2D eigenvalue weighted by atomic mass is 9.87. The minimum atomic E-state index is -4.61. The van der Waals surface area contributed by atoms with Gasteiger partial charge in [0, 0.05) is 12.8 Å². The Morgan fingerprint density at radius 1 is 1.26 bits per heavy atom. The topological polar surface area (TPSA) is 131 Å². The number of aliphatic carboxylic acids is 1. The van der Waals surface area contributed by atoms with Crippen LogP contribution >= 0.6 is 7.60 Å². The lowest BCUT2D eigenvalue weighted by Gasteiger charge is -2.32. The molecule has 1 aromatic carbocycles. The molecule has 3 N–H and O–H groups in total. The van der Waals surface area contributed by atoms with Crippen molar-refractivity contribution in [2.45, 2.75) is 24.8 Å². The van der Waals surface area contributed by atoms with Crippen LogP contribution in [-0.4, -0.2) is 17.7 Å². The maximum absolute atomic E-state index is 11.2. The molecule has 0 unspecified atom stereocenters. The van der Waals surface area contributed by atoms with Crippen molar-refractivity contribution >= 4 is 13.6 Å². The van der Waals surface area contributed by atoms with Crippen LogP contribution < -0.4 is 20.6 Å². The van der Waals surface area contributed by atoms with Gasteiger partial charge in [-0.05, 0) is 18.1 Å². The van der Waals surface area contributed by atoms with Crippen molar-refractivity contribution in [1.29, 1.82) is 0 Å². The third-order valence-corrected chi connectivity index (χ3v) is 3.77. The zero-order valence-electron chi connectivity index (χ0n) is 10.4. The maximum atomic E-state index is 11.2. The Labute approximate surface area is 111 Å². The highest BCUT2D eigenvalue weighted by Gasteiger charge is 2.31. The van der Waals surface area contributed by atoms with Gasteiger partial charge in [0.05, 0.1) is 0 Å². The number of hydrogen-bond acceptors (Lipinski definition) is 5. The van der Waals surface area contributed by atoms with Gasteiger partial charge in [0.25, 0.3) is 0 Å². The van der Waals surface area contributed by atoms with Crippen LogP contribution in [0.1, 0.15) is 18.4 Å². The molecular weight excluding hydrogens is 269 g/mol. The minimum Gasteiger partial charge on any atom is -0.811 e. The molecule has 6 nitrogen and oxygen atoms in total. The van der Waals surface area contributed by atoms with Crippen LogP contribution in [0.4, 0.5) is 0 Å². The molecule has 0 aliphatic rings. The van der Waals surface area contributed by atoms with E-state index >= 15 is 0 Å². The number of hydrogen-bond donors (Lipinski definition) is 1. The van der Waals surface area contributed by atoms with Gasteiger partial charge in [0.15, 0.2) is 0 Å². The number of carbonyl (C=O) groups excluding carboxylic acids is 1. The van der Waals surface area contributed by atoms with Gasteiger partial charge in [-0.3, -0.25) is 0 Å². The molecule has 1 atom stereocenters. The van der Waals surface area contributed by atoms with Crippen LogP contribution in [0.25, 0.3) is 0 Å². The van der Waals surface area contributed by atoms with Crippen molar-refractivity contribution in [1.82, 2.24) is 0 Å². The number of benzene rings is 1. The first kappa shape index (κ1) is 15.9. The maximum Gasteiger partial charge on any atom is 0.139 e. The molecule has 0 saturated carbocycles. The fourth-order valence-corrected chi connectivity index (χ4v) is 2.41. The van der Waals surface area contributed by atoms with E-state index in [1.165, 1.54) is 0 Å². The number of carbonyl (C=O) groups is 1. The molecule has 19 heavy (non-hydrogen) atoms. The summed E-state index contributed by atoms with van der Waals surface area (Å²) < 4.78 is 10.5. The van der Waals surface area contributed by atoms with E-state index in [-0.39, 0.29) is 19.3 Å². The molecule has 0 heterocycles. The molecule has 0 saturated heterocycles. The highest BCUT2D eigenvalue weighted by Crippen LogP contribution is 2.26. The van der Waals surface area contributed by atoms with Crippen molar-refractivity contribution in [3.63, 3.8) is 0 Å². The van der Waals surface area contributed by atoms with E-state index in [0.29, 0.717) is 0 Å². The van der Waals surface area contributed by atoms with Crippen LogP contribution in [-0.2, 0) is 15.8 Å². The molecule has 0 fully saturated rings. The third kappa shape index (κ3) is 5.53. The first-order valence-corrected chi connectivity index (χ1v) is 7.57. The van der Waals surface area contributed by atoms with Crippen molar-refractivity contribution in [2.75, 3.05) is 6.16 Å². The molecule has 0 aromatic heterocycles. The minimum absolute atomic E-state index is 0.0152. The Morgan fingerprint density at radius 2 is 1.84 bits per heavy atom. The number of carboxylic acids is 1. The summed E-state index contributed by atoms with van der Waals surface area (Å²) >= 11 is 0. The van der Waals surface area contributed by atoms with Gasteiger partial charge in [0.1, 0.15) is 11.5 Å². The molecular formula is C12H16NO5P-2. The SMILES string of the molecule is [NH3+][C@](CCCP(=O)([O-])[O-])(Cc1ccccc1)C(=O)[O-]. The molecule has 0 radical (unpaired) electrons. The summed E-state index contributed by atoms with van der Waals surface area (Å²) in [6.45, 7) is 0. The van der Waals surface area contributed by atoms with E-state index in [1.807, 2.05) is 0 Å². The van der Waals surface area contributed by atoms with E-state index in [0.717, 1.165) is 5.56 Å². The van der Waals surface area contributed by atoms with E-state index in [9.17, 15) is 24.3 Å². The van der Waals surface area contributed by atoms with Gasteiger partial charge in [-0.15, -0.1) is 0 Å². The standard InChI is InChI=1S/C12H18NO5P/c13-12(11(14)15,7-4-8-19(16,17)18)9-10-5-2-1-3-6-10/h1-3,5-6H,4,7-9,13H2,(H,14,15)(H2,16,17,18)/p-2/t12-/m1/s1. The van der Waals surface area contributed by atoms with Crippen molar-refractivity contribution in [2.24, 2.45) is 0 Å². The molecule has 0 bridgehead atoms. The van der Waals surface area contributed by atoms with Crippen molar-refractivity contribution in [3.05, 3.63) is 35.9 Å². The highest BCUT2D eigenvalue weighted by molar-refractivity contribution is 7.48. The fourth-order valence-electron chi connectivity index (χ4n) is 1.86. The second-order valence-corrected chi connectivity index (χ2v) is 6.34. The quantitative estimate of drug-likeness (QED) is 0.560. The van der Waals surface area contributed by atoms with Gasteiger partial charge >= 0.3 is 0 Å². The summed E-state index contributed by atoms with van der Waals surface area (Å²) in [6.07, 6.45) is -0.474. The van der Waals surface area contributed by atoms with Gasteiger partial charge < -0.3 is 30.0 Å². The smallest absolute Gasteiger partial charge is 0.139 e. The monoisotopic (exact) mass is 285 g/mol.